The Labute approximate surface area is 115 Å². The predicted octanol–water partition coefficient (Wildman–Crippen LogP) is 2.30. The van der Waals surface area contributed by atoms with Crippen molar-refractivity contribution < 1.29 is 0 Å². The standard InChI is InChI=1S/C11H14ClN5S/c1-7(13-2)9-5-4-8(6-10(9)12)18-11-14-15-16-17(11)3/h4-7,13H,1-3H3. The lowest BCUT2D eigenvalue weighted by Gasteiger charge is -2.13. The maximum Gasteiger partial charge on any atom is 0.213 e. The first-order chi connectivity index (χ1) is 8.61. The number of halogens is 1. The number of benzene rings is 1. The number of nitrogens with one attached hydrogen (secondary N) is 1. The Balaban J connectivity index is 2.21. The van der Waals surface area contributed by atoms with Crippen LogP contribution in [0.15, 0.2) is 28.3 Å². The summed E-state index contributed by atoms with van der Waals surface area (Å²) >= 11 is 7.76. The van der Waals surface area contributed by atoms with E-state index in [0.717, 1.165) is 20.6 Å². The molecule has 1 N–H and O–H groups in total. The monoisotopic (exact) mass is 283 g/mol. The molecule has 1 heterocycles. The second kappa shape index (κ2) is 5.69. The van der Waals surface area contributed by atoms with E-state index in [1.807, 2.05) is 25.2 Å². The summed E-state index contributed by atoms with van der Waals surface area (Å²) in [6.07, 6.45) is 0. The van der Waals surface area contributed by atoms with Gasteiger partial charge in [0, 0.05) is 23.0 Å². The zero-order valence-corrected chi connectivity index (χ0v) is 12.0. The summed E-state index contributed by atoms with van der Waals surface area (Å²) < 4.78 is 1.63. The summed E-state index contributed by atoms with van der Waals surface area (Å²) in [5.74, 6) is 0. The zero-order chi connectivity index (χ0) is 13.1. The van der Waals surface area contributed by atoms with Gasteiger partial charge in [0.2, 0.25) is 5.16 Å². The molecular weight excluding hydrogens is 270 g/mol. The molecule has 2 aromatic rings. The molecule has 7 heteroatoms. The molecule has 0 aliphatic rings. The van der Waals surface area contributed by atoms with Crippen molar-refractivity contribution in [1.82, 2.24) is 25.5 Å². The van der Waals surface area contributed by atoms with E-state index in [0.29, 0.717) is 0 Å². The van der Waals surface area contributed by atoms with E-state index >= 15 is 0 Å². The van der Waals surface area contributed by atoms with Crippen molar-refractivity contribution in [2.75, 3.05) is 7.05 Å². The van der Waals surface area contributed by atoms with Crippen molar-refractivity contribution in [3.8, 4) is 0 Å². The smallest absolute Gasteiger partial charge is 0.213 e. The first-order valence-electron chi connectivity index (χ1n) is 5.48. The van der Waals surface area contributed by atoms with Crippen LogP contribution in [-0.2, 0) is 7.05 Å². The van der Waals surface area contributed by atoms with E-state index in [2.05, 4.69) is 27.8 Å². The van der Waals surface area contributed by atoms with Gasteiger partial charge in [0.15, 0.2) is 0 Å². The molecule has 0 aliphatic carbocycles. The Kier molecular flexibility index (Phi) is 4.21. The number of hydrogen-bond acceptors (Lipinski definition) is 5. The van der Waals surface area contributed by atoms with E-state index in [1.165, 1.54) is 11.8 Å². The predicted molar refractivity (Wildman–Crippen MR) is 71.8 cm³/mol. The van der Waals surface area contributed by atoms with Gasteiger partial charge in [-0.05, 0) is 53.9 Å². The highest BCUT2D eigenvalue weighted by Crippen LogP contribution is 2.31. The van der Waals surface area contributed by atoms with Crippen LogP contribution in [0, 0.1) is 0 Å². The second-order valence-electron chi connectivity index (χ2n) is 3.88. The van der Waals surface area contributed by atoms with E-state index < -0.39 is 0 Å². The molecule has 0 saturated carbocycles. The van der Waals surface area contributed by atoms with Gasteiger partial charge >= 0.3 is 0 Å². The average Bonchev–Trinajstić information content (AvgIpc) is 2.74. The maximum absolute atomic E-state index is 6.27. The molecule has 1 aromatic carbocycles. The molecule has 0 fully saturated rings. The van der Waals surface area contributed by atoms with Crippen LogP contribution in [0.25, 0.3) is 0 Å². The zero-order valence-electron chi connectivity index (χ0n) is 10.4. The van der Waals surface area contributed by atoms with Crippen LogP contribution in [0.4, 0.5) is 0 Å². The van der Waals surface area contributed by atoms with E-state index in [4.69, 9.17) is 11.6 Å². The summed E-state index contributed by atoms with van der Waals surface area (Å²) in [5, 5.41) is 16.0. The molecule has 1 aromatic heterocycles. The molecule has 0 saturated heterocycles. The minimum atomic E-state index is 0.230. The van der Waals surface area contributed by atoms with Crippen LogP contribution in [0.2, 0.25) is 5.02 Å². The van der Waals surface area contributed by atoms with Crippen molar-refractivity contribution in [2.24, 2.45) is 7.05 Å². The first-order valence-corrected chi connectivity index (χ1v) is 6.68. The van der Waals surface area contributed by atoms with Crippen LogP contribution in [0.3, 0.4) is 0 Å². The van der Waals surface area contributed by atoms with Crippen molar-refractivity contribution in [3.05, 3.63) is 28.8 Å². The summed E-state index contributed by atoms with van der Waals surface area (Å²) in [6.45, 7) is 2.07. The molecule has 0 bridgehead atoms. The average molecular weight is 284 g/mol. The minimum Gasteiger partial charge on any atom is -0.313 e. The van der Waals surface area contributed by atoms with E-state index in [1.54, 1.807) is 11.7 Å². The lowest BCUT2D eigenvalue weighted by molar-refractivity contribution is 0.652. The van der Waals surface area contributed by atoms with E-state index in [-0.39, 0.29) is 6.04 Å². The topological polar surface area (TPSA) is 55.6 Å². The number of rotatable bonds is 4. The summed E-state index contributed by atoms with van der Waals surface area (Å²) in [5.41, 5.74) is 1.08. The minimum absolute atomic E-state index is 0.230. The molecule has 0 aliphatic heterocycles. The normalized spacial score (nSPS) is 12.7. The van der Waals surface area contributed by atoms with Gasteiger partial charge in [0.1, 0.15) is 0 Å². The highest BCUT2D eigenvalue weighted by molar-refractivity contribution is 7.99. The van der Waals surface area contributed by atoms with Gasteiger partial charge in [-0.15, -0.1) is 5.10 Å². The second-order valence-corrected chi connectivity index (χ2v) is 5.33. The van der Waals surface area contributed by atoms with Crippen LogP contribution >= 0.6 is 23.4 Å². The maximum atomic E-state index is 6.27. The Morgan fingerprint density at radius 1 is 1.44 bits per heavy atom. The molecule has 0 spiro atoms. The van der Waals surface area contributed by atoms with Crippen LogP contribution in [-0.4, -0.2) is 27.3 Å². The van der Waals surface area contributed by atoms with Gasteiger partial charge in [-0.3, -0.25) is 0 Å². The molecule has 2 rings (SSSR count). The van der Waals surface area contributed by atoms with Gasteiger partial charge in [0.25, 0.3) is 0 Å². The quantitative estimate of drug-likeness (QED) is 0.933. The lowest BCUT2D eigenvalue weighted by Crippen LogP contribution is -2.12. The van der Waals surface area contributed by atoms with Gasteiger partial charge in [-0.2, -0.15) is 0 Å². The highest BCUT2D eigenvalue weighted by Gasteiger charge is 2.10. The van der Waals surface area contributed by atoms with Gasteiger partial charge in [-0.25, -0.2) is 4.68 Å². The molecule has 0 amide bonds. The Hall–Kier alpha value is -1.11. The summed E-state index contributed by atoms with van der Waals surface area (Å²) in [7, 11) is 3.72. The largest absolute Gasteiger partial charge is 0.313 e. The molecule has 96 valence electrons. The van der Waals surface area contributed by atoms with Gasteiger partial charge in [-0.1, -0.05) is 17.7 Å². The fraction of sp³-hybridized carbons (Fsp3) is 0.364. The molecule has 0 radical (unpaired) electrons. The van der Waals surface area contributed by atoms with Crippen molar-refractivity contribution in [2.45, 2.75) is 23.0 Å². The molecule has 18 heavy (non-hydrogen) atoms. The summed E-state index contributed by atoms with van der Waals surface area (Å²) in [6, 6.07) is 6.21. The number of aromatic nitrogens is 4. The number of tetrazole rings is 1. The lowest BCUT2D eigenvalue weighted by atomic mass is 10.1. The fourth-order valence-corrected chi connectivity index (χ4v) is 2.67. The third-order valence-corrected chi connectivity index (χ3v) is 4.01. The van der Waals surface area contributed by atoms with E-state index in [9.17, 15) is 0 Å². The SMILES string of the molecule is CNC(C)c1ccc(Sc2nnnn2C)cc1Cl. The van der Waals surface area contributed by atoms with Crippen molar-refractivity contribution >= 4 is 23.4 Å². The number of aryl methyl sites for hydroxylation is 1. The Morgan fingerprint density at radius 3 is 2.78 bits per heavy atom. The molecule has 1 atom stereocenters. The Morgan fingerprint density at radius 2 is 2.22 bits per heavy atom. The third kappa shape index (κ3) is 2.82. The number of hydrogen-bond donors (Lipinski definition) is 1. The van der Waals surface area contributed by atoms with Crippen LogP contribution < -0.4 is 5.32 Å². The first kappa shape index (κ1) is 13.3. The Bertz CT molecular complexity index is 542. The van der Waals surface area contributed by atoms with Crippen molar-refractivity contribution in [3.63, 3.8) is 0 Å². The van der Waals surface area contributed by atoms with Crippen molar-refractivity contribution in [1.29, 1.82) is 0 Å². The number of nitrogens with zero attached hydrogens (tertiary/aromatic N) is 4. The molecular formula is C11H14ClN5S. The summed E-state index contributed by atoms with van der Waals surface area (Å²) in [4.78, 5) is 1.02. The third-order valence-electron chi connectivity index (χ3n) is 2.66. The molecule has 1 unspecified atom stereocenters. The van der Waals surface area contributed by atoms with Gasteiger partial charge < -0.3 is 5.32 Å². The van der Waals surface area contributed by atoms with Crippen LogP contribution in [0.1, 0.15) is 18.5 Å². The van der Waals surface area contributed by atoms with Gasteiger partial charge in [0.05, 0.1) is 0 Å². The molecule has 5 nitrogen and oxygen atoms in total. The highest BCUT2D eigenvalue weighted by atomic mass is 35.5. The fourth-order valence-electron chi connectivity index (χ4n) is 1.49. The van der Waals surface area contributed by atoms with Crippen LogP contribution in [0.5, 0.6) is 0 Å².